The number of hydrogen-bond acceptors (Lipinski definition) is 8. The van der Waals surface area contributed by atoms with Crippen molar-refractivity contribution in [3.05, 3.63) is 59.7 Å². The maximum atomic E-state index is 12.5. The summed E-state index contributed by atoms with van der Waals surface area (Å²) in [5.41, 5.74) is 0.690. The topological polar surface area (TPSA) is 105 Å². The Morgan fingerprint density at radius 2 is 1.97 bits per heavy atom. The molecule has 2 aliphatic rings. The Hall–Kier alpha value is -2.31. The van der Waals surface area contributed by atoms with E-state index in [0.29, 0.717) is 18.9 Å². The van der Waals surface area contributed by atoms with Crippen LogP contribution in [0.15, 0.2) is 58.3 Å². The number of sulfonamides is 1. The molecule has 2 fully saturated rings. The number of rotatable bonds is 7. The molecule has 0 aliphatic carbocycles. The van der Waals surface area contributed by atoms with Gasteiger partial charge in [0.2, 0.25) is 10.0 Å². The Morgan fingerprint density at radius 1 is 1.13 bits per heavy atom. The molecule has 5 rings (SSSR count). The van der Waals surface area contributed by atoms with Crippen LogP contribution in [0.3, 0.4) is 0 Å². The first kappa shape index (κ1) is 19.6. The summed E-state index contributed by atoms with van der Waals surface area (Å²) >= 11 is 1.18. The van der Waals surface area contributed by atoms with Crippen molar-refractivity contribution in [2.24, 2.45) is 0 Å². The van der Waals surface area contributed by atoms with E-state index in [2.05, 4.69) is 15.0 Å². The van der Waals surface area contributed by atoms with E-state index >= 15 is 0 Å². The van der Waals surface area contributed by atoms with E-state index in [1.54, 1.807) is 22.2 Å². The quantitative estimate of drug-likeness (QED) is 0.585. The molecule has 0 spiro atoms. The van der Waals surface area contributed by atoms with Crippen LogP contribution < -0.4 is 9.46 Å². The lowest BCUT2D eigenvalue weighted by Crippen LogP contribution is -2.43. The lowest BCUT2D eigenvalue weighted by molar-refractivity contribution is 0.0624. The predicted octanol–water partition coefficient (Wildman–Crippen LogP) is 1.60. The summed E-state index contributed by atoms with van der Waals surface area (Å²) in [4.78, 5) is 0. The van der Waals surface area contributed by atoms with E-state index in [1.165, 1.54) is 11.3 Å². The number of aromatic nitrogens is 3. The van der Waals surface area contributed by atoms with Crippen molar-refractivity contribution in [2.75, 3.05) is 13.2 Å². The first-order chi connectivity index (χ1) is 14.6. The Bertz CT molecular complexity index is 1090. The van der Waals surface area contributed by atoms with E-state index < -0.39 is 16.1 Å². The smallest absolute Gasteiger partial charge is 0.250 e. The fraction of sp³-hybridized carbons (Fsp3) is 0.368. The molecule has 1 aromatic carbocycles. The van der Waals surface area contributed by atoms with Crippen molar-refractivity contribution in [1.82, 2.24) is 19.7 Å². The zero-order chi connectivity index (χ0) is 20.6. The first-order valence-corrected chi connectivity index (χ1v) is 11.8. The lowest BCUT2D eigenvalue weighted by Gasteiger charge is -2.17. The number of nitrogens with zero attached hydrogens (tertiary/aromatic N) is 3. The highest BCUT2D eigenvalue weighted by atomic mass is 32.2. The lowest BCUT2D eigenvalue weighted by atomic mass is 10.1. The van der Waals surface area contributed by atoms with Crippen LogP contribution in [-0.2, 0) is 26.1 Å². The molecule has 158 valence electrons. The molecule has 4 heterocycles. The van der Waals surface area contributed by atoms with Gasteiger partial charge in [-0.2, -0.15) is 0 Å². The van der Waals surface area contributed by atoms with Crippen molar-refractivity contribution in [3.8, 4) is 5.75 Å². The molecule has 0 amide bonds. The summed E-state index contributed by atoms with van der Waals surface area (Å²) in [5.74, 6) is 0.760. The fourth-order valence-electron chi connectivity index (χ4n) is 3.70. The minimum atomic E-state index is -3.59. The molecule has 11 heteroatoms. The van der Waals surface area contributed by atoms with Crippen LogP contribution >= 0.6 is 11.3 Å². The monoisotopic (exact) mass is 448 g/mol. The highest BCUT2D eigenvalue weighted by Gasteiger charge is 2.50. The van der Waals surface area contributed by atoms with E-state index in [4.69, 9.17) is 14.2 Å². The average molecular weight is 449 g/mol. The maximum Gasteiger partial charge on any atom is 0.250 e. The zero-order valence-corrected chi connectivity index (χ0v) is 17.5. The highest BCUT2D eigenvalue weighted by Crippen LogP contribution is 2.34. The summed E-state index contributed by atoms with van der Waals surface area (Å²) in [6.07, 6.45) is 1.13. The number of hydrogen-bond donors (Lipinski definition) is 1. The van der Waals surface area contributed by atoms with Gasteiger partial charge in [0, 0.05) is 0 Å². The molecule has 0 radical (unpaired) electrons. The van der Waals surface area contributed by atoms with E-state index in [-0.39, 0.29) is 29.1 Å². The van der Waals surface area contributed by atoms with Crippen molar-refractivity contribution >= 4 is 21.4 Å². The van der Waals surface area contributed by atoms with Gasteiger partial charge in [-0.05, 0) is 23.6 Å². The second kappa shape index (κ2) is 8.08. The van der Waals surface area contributed by atoms with Crippen LogP contribution in [0.1, 0.15) is 11.7 Å². The Balaban J connectivity index is 1.23. The molecule has 9 nitrogen and oxygen atoms in total. The third-order valence-electron chi connectivity index (χ3n) is 5.12. The summed E-state index contributed by atoms with van der Waals surface area (Å²) in [7, 11) is -3.59. The third kappa shape index (κ3) is 3.86. The predicted molar refractivity (Wildman–Crippen MR) is 108 cm³/mol. The van der Waals surface area contributed by atoms with Crippen LogP contribution in [0.25, 0.3) is 0 Å². The summed E-state index contributed by atoms with van der Waals surface area (Å²) in [6, 6.07) is 12.2. The Morgan fingerprint density at radius 3 is 2.77 bits per heavy atom. The minimum absolute atomic E-state index is 0.177. The van der Waals surface area contributed by atoms with Gasteiger partial charge in [-0.15, -0.1) is 16.4 Å². The summed E-state index contributed by atoms with van der Waals surface area (Å²) in [5, 5.41) is 10.1. The number of benzene rings is 1. The molecule has 4 atom stereocenters. The van der Waals surface area contributed by atoms with Gasteiger partial charge in [-0.3, -0.25) is 0 Å². The maximum absolute atomic E-state index is 12.5. The molecule has 2 aliphatic heterocycles. The molecule has 2 aromatic heterocycles. The molecule has 30 heavy (non-hydrogen) atoms. The molecule has 0 saturated carbocycles. The van der Waals surface area contributed by atoms with Gasteiger partial charge in [-0.1, -0.05) is 29.5 Å². The summed E-state index contributed by atoms with van der Waals surface area (Å²) < 4.78 is 47.2. The number of fused-ring (bicyclic) bond motifs is 1. The van der Waals surface area contributed by atoms with Gasteiger partial charge < -0.3 is 14.2 Å². The fourth-order valence-corrected chi connectivity index (χ4v) is 5.94. The molecule has 4 unspecified atom stereocenters. The number of thiophene rings is 1. The Labute approximate surface area is 177 Å². The van der Waals surface area contributed by atoms with Gasteiger partial charge in [-0.25, -0.2) is 17.8 Å². The number of para-hydroxylation sites is 1. The van der Waals surface area contributed by atoms with Crippen molar-refractivity contribution < 1.29 is 22.6 Å². The van der Waals surface area contributed by atoms with Crippen molar-refractivity contribution in [2.45, 2.75) is 35.1 Å². The van der Waals surface area contributed by atoms with Gasteiger partial charge in [0.25, 0.3) is 0 Å². The van der Waals surface area contributed by atoms with Crippen LogP contribution in [-0.4, -0.2) is 54.9 Å². The van der Waals surface area contributed by atoms with Crippen molar-refractivity contribution in [1.29, 1.82) is 0 Å². The second-order valence-electron chi connectivity index (χ2n) is 7.11. The highest BCUT2D eigenvalue weighted by molar-refractivity contribution is 7.91. The van der Waals surface area contributed by atoms with Crippen molar-refractivity contribution in [3.63, 3.8) is 0 Å². The molecule has 0 bridgehead atoms. The van der Waals surface area contributed by atoms with Gasteiger partial charge in [0.05, 0.1) is 25.5 Å². The number of nitrogens with one attached hydrogen (secondary N) is 1. The largest absolute Gasteiger partial charge is 0.487 e. The number of ether oxygens (including phenoxy) is 3. The van der Waals surface area contributed by atoms with Gasteiger partial charge in [0.1, 0.15) is 40.5 Å². The third-order valence-corrected chi connectivity index (χ3v) is 8.01. The van der Waals surface area contributed by atoms with E-state index in [1.807, 2.05) is 36.5 Å². The van der Waals surface area contributed by atoms with Gasteiger partial charge in [0.15, 0.2) is 0 Å². The molecular formula is C19H20N4O5S2. The normalized spacial score (nSPS) is 26.0. The standard InChI is InChI=1S/C19H20N4O5S2/c24-30(25,17-7-4-8-29-17)21-15-11-27-19-16(12-28-18(15)19)23-9-13(20-22-23)10-26-14-5-2-1-3-6-14/h1-9,15-16,18-19,21H,10-12H2. The molecule has 1 N–H and O–H groups in total. The average Bonchev–Trinajstić information content (AvgIpc) is 3.52. The molecular weight excluding hydrogens is 428 g/mol. The minimum Gasteiger partial charge on any atom is -0.487 e. The van der Waals surface area contributed by atoms with Crippen LogP contribution in [0.5, 0.6) is 5.75 Å². The molecule has 3 aromatic rings. The Kier molecular flexibility index (Phi) is 5.29. The molecule has 2 saturated heterocycles. The van der Waals surface area contributed by atoms with E-state index in [9.17, 15) is 8.42 Å². The van der Waals surface area contributed by atoms with Crippen LogP contribution in [0.4, 0.5) is 0 Å². The SMILES string of the molecule is O=S(=O)(NC1COC2C1OCC2n1cc(COc2ccccc2)nn1)c1cccs1. The zero-order valence-electron chi connectivity index (χ0n) is 15.8. The first-order valence-electron chi connectivity index (χ1n) is 9.48. The van der Waals surface area contributed by atoms with E-state index in [0.717, 1.165) is 5.75 Å². The van der Waals surface area contributed by atoms with Gasteiger partial charge >= 0.3 is 0 Å². The van der Waals surface area contributed by atoms with Crippen LogP contribution in [0.2, 0.25) is 0 Å². The summed E-state index contributed by atoms with van der Waals surface area (Å²) in [6.45, 7) is 0.916. The second-order valence-corrected chi connectivity index (χ2v) is 10.0. The van der Waals surface area contributed by atoms with Crippen LogP contribution in [0, 0.1) is 0 Å².